The van der Waals surface area contributed by atoms with Crippen LogP contribution in [-0.2, 0) is 6.54 Å². The highest BCUT2D eigenvalue weighted by Crippen LogP contribution is 2.25. The lowest BCUT2D eigenvalue weighted by Gasteiger charge is -2.18. The van der Waals surface area contributed by atoms with Gasteiger partial charge in [-0.05, 0) is 18.2 Å². The van der Waals surface area contributed by atoms with Crippen LogP contribution in [-0.4, -0.2) is 32.7 Å². The molecule has 4 rings (SSSR count). The van der Waals surface area contributed by atoms with Crippen LogP contribution < -0.4 is 5.32 Å². The van der Waals surface area contributed by atoms with Gasteiger partial charge in [-0.15, -0.1) is 0 Å². The molecule has 0 atom stereocenters. The number of non-ortho nitro benzene ring substituents is 1. The second-order valence-corrected chi connectivity index (χ2v) is 7.24. The number of nitrogens with one attached hydrogen (secondary N) is 1. The summed E-state index contributed by atoms with van der Waals surface area (Å²) in [4.78, 5) is 24.7. The maximum absolute atomic E-state index is 12.7. The quantitative estimate of drug-likeness (QED) is 0.342. The van der Waals surface area contributed by atoms with E-state index < -0.39 is 4.92 Å². The second kappa shape index (κ2) is 9.13. The number of benzene rings is 3. The number of aromatic nitrogens is 2. The van der Waals surface area contributed by atoms with E-state index in [1.807, 2.05) is 66.9 Å². The Morgan fingerprint density at radius 3 is 2.41 bits per heavy atom. The summed E-state index contributed by atoms with van der Waals surface area (Å²) in [5, 5.41) is 18.5. The van der Waals surface area contributed by atoms with Gasteiger partial charge in [0.15, 0.2) is 0 Å². The van der Waals surface area contributed by atoms with Crippen molar-refractivity contribution in [3.05, 3.63) is 107 Å². The first kappa shape index (κ1) is 20.8. The Balaban J connectivity index is 1.58. The molecule has 8 nitrogen and oxygen atoms in total. The fourth-order valence-corrected chi connectivity index (χ4v) is 3.32. The van der Waals surface area contributed by atoms with Crippen LogP contribution in [0, 0.1) is 10.1 Å². The third-order valence-electron chi connectivity index (χ3n) is 4.92. The first-order chi connectivity index (χ1) is 15.5. The summed E-state index contributed by atoms with van der Waals surface area (Å²) < 4.78 is 1.80. The molecule has 0 aliphatic heterocycles. The minimum atomic E-state index is -0.497. The van der Waals surface area contributed by atoms with Crippen LogP contribution in [0.5, 0.6) is 0 Å². The zero-order valence-corrected chi connectivity index (χ0v) is 17.4. The molecule has 8 heteroatoms. The topological polar surface area (TPSA) is 93.3 Å². The summed E-state index contributed by atoms with van der Waals surface area (Å²) >= 11 is 0. The van der Waals surface area contributed by atoms with Gasteiger partial charge in [0.1, 0.15) is 0 Å². The van der Waals surface area contributed by atoms with Gasteiger partial charge < -0.3 is 10.2 Å². The van der Waals surface area contributed by atoms with Crippen LogP contribution in [0.25, 0.3) is 16.9 Å². The molecule has 0 aliphatic rings. The molecule has 160 valence electrons. The summed E-state index contributed by atoms with van der Waals surface area (Å²) in [6, 6.07) is 25.0. The van der Waals surface area contributed by atoms with E-state index in [1.54, 1.807) is 17.8 Å². The number of carbonyl (C=O) groups is 1. The molecular formula is C24H21N5O3. The van der Waals surface area contributed by atoms with Gasteiger partial charge in [-0.3, -0.25) is 10.1 Å². The Labute approximate surface area is 184 Å². The fraction of sp³-hybridized carbons (Fsp3) is 0.0833. The highest BCUT2D eigenvalue weighted by atomic mass is 16.6. The summed E-state index contributed by atoms with van der Waals surface area (Å²) in [5.74, 6) is 0. The highest BCUT2D eigenvalue weighted by molar-refractivity contribution is 5.89. The molecule has 0 spiro atoms. The third kappa shape index (κ3) is 4.65. The average Bonchev–Trinajstić information content (AvgIpc) is 3.24. The van der Waals surface area contributed by atoms with Crippen LogP contribution in [0.2, 0.25) is 0 Å². The molecule has 1 N–H and O–H groups in total. The van der Waals surface area contributed by atoms with Crippen molar-refractivity contribution < 1.29 is 9.72 Å². The van der Waals surface area contributed by atoms with Crippen molar-refractivity contribution in [3.8, 4) is 16.9 Å². The molecule has 32 heavy (non-hydrogen) atoms. The van der Waals surface area contributed by atoms with E-state index >= 15 is 0 Å². The van der Waals surface area contributed by atoms with Crippen LogP contribution >= 0.6 is 0 Å². The van der Waals surface area contributed by atoms with E-state index in [0.29, 0.717) is 12.2 Å². The summed E-state index contributed by atoms with van der Waals surface area (Å²) in [5.41, 5.74) is 3.80. The number of para-hydroxylation sites is 1. The first-order valence-electron chi connectivity index (χ1n) is 9.97. The van der Waals surface area contributed by atoms with E-state index in [0.717, 1.165) is 22.5 Å². The molecule has 2 amide bonds. The fourth-order valence-electron chi connectivity index (χ4n) is 3.32. The lowest BCUT2D eigenvalue weighted by Crippen LogP contribution is -2.30. The van der Waals surface area contributed by atoms with Crippen LogP contribution in [0.4, 0.5) is 16.2 Å². The molecule has 0 fully saturated rings. The number of nitro groups is 1. The monoisotopic (exact) mass is 427 g/mol. The largest absolute Gasteiger partial charge is 0.323 e. The maximum Gasteiger partial charge on any atom is 0.321 e. The Morgan fingerprint density at radius 2 is 1.72 bits per heavy atom. The predicted octanol–water partition coefficient (Wildman–Crippen LogP) is 5.11. The predicted molar refractivity (Wildman–Crippen MR) is 123 cm³/mol. The highest BCUT2D eigenvalue weighted by Gasteiger charge is 2.17. The van der Waals surface area contributed by atoms with E-state index in [4.69, 9.17) is 5.10 Å². The van der Waals surface area contributed by atoms with Gasteiger partial charge in [-0.25, -0.2) is 9.48 Å². The number of anilines is 1. The summed E-state index contributed by atoms with van der Waals surface area (Å²) in [6.45, 7) is 0.303. The molecule has 4 aromatic rings. The lowest BCUT2D eigenvalue weighted by atomic mass is 10.1. The molecule has 0 bridgehead atoms. The van der Waals surface area contributed by atoms with Crippen molar-refractivity contribution in [2.75, 3.05) is 12.4 Å². The number of rotatable bonds is 6. The van der Waals surface area contributed by atoms with E-state index in [-0.39, 0.29) is 11.7 Å². The van der Waals surface area contributed by atoms with Crippen molar-refractivity contribution in [3.63, 3.8) is 0 Å². The van der Waals surface area contributed by atoms with E-state index in [2.05, 4.69) is 5.32 Å². The van der Waals surface area contributed by atoms with E-state index in [1.165, 1.54) is 23.1 Å². The molecule has 0 radical (unpaired) electrons. The number of amides is 2. The van der Waals surface area contributed by atoms with E-state index in [9.17, 15) is 14.9 Å². The molecule has 0 unspecified atom stereocenters. The molecule has 0 saturated heterocycles. The number of hydrogen-bond donors (Lipinski definition) is 1. The van der Waals surface area contributed by atoms with Crippen molar-refractivity contribution in [2.45, 2.75) is 6.54 Å². The number of hydrogen-bond acceptors (Lipinski definition) is 4. The van der Waals surface area contributed by atoms with Gasteiger partial charge in [-0.1, -0.05) is 54.6 Å². The second-order valence-electron chi connectivity index (χ2n) is 7.24. The van der Waals surface area contributed by atoms with Gasteiger partial charge in [0, 0.05) is 42.2 Å². The van der Waals surface area contributed by atoms with Gasteiger partial charge >= 0.3 is 6.03 Å². The smallest absolute Gasteiger partial charge is 0.321 e. The SMILES string of the molecule is CN(Cc1cn(-c2ccccc2)nc1-c1ccccc1)C(=O)Nc1cccc([N+](=O)[O-])c1. The lowest BCUT2D eigenvalue weighted by molar-refractivity contribution is -0.384. The summed E-state index contributed by atoms with van der Waals surface area (Å²) in [6.07, 6.45) is 1.91. The Kier molecular flexibility index (Phi) is 5.94. The minimum Gasteiger partial charge on any atom is -0.323 e. The van der Waals surface area contributed by atoms with Crippen molar-refractivity contribution in [1.82, 2.24) is 14.7 Å². The summed E-state index contributed by atoms with van der Waals surface area (Å²) in [7, 11) is 1.67. The Bertz CT molecular complexity index is 1240. The molecule has 3 aromatic carbocycles. The van der Waals surface area contributed by atoms with Crippen molar-refractivity contribution >= 4 is 17.4 Å². The Hall–Kier alpha value is -4.46. The minimum absolute atomic E-state index is 0.0824. The van der Waals surface area contributed by atoms with Crippen LogP contribution in [0.15, 0.2) is 91.1 Å². The average molecular weight is 427 g/mol. The van der Waals surface area contributed by atoms with Crippen LogP contribution in [0.3, 0.4) is 0 Å². The maximum atomic E-state index is 12.7. The molecule has 1 heterocycles. The van der Waals surface area contributed by atoms with Crippen molar-refractivity contribution in [1.29, 1.82) is 0 Å². The zero-order valence-electron chi connectivity index (χ0n) is 17.4. The molecular weight excluding hydrogens is 406 g/mol. The standard InChI is InChI=1S/C24H21N5O3/c1-27(24(30)25-20-11-8-14-22(15-20)29(31)32)16-19-17-28(21-12-6-3-7-13-21)26-23(19)18-9-4-2-5-10-18/h2-15,17H,16H2,1H3,(H,25,30). The number of nitro benzene ring substituents is 1. The number of urea groups is 1. The first-order valence-corrected chi connectivity index (χ1v) is 9.97. The molecule has 1 aromatic heterocycles. The number of carbonyl (C=O) groups excluding carboxylic acids is 1. The molecule has 0 aliphatic carbocycles. The van der Waals surface area contributed by atoms with Gasteiger partial charge in [0.2, 0.25) is 0 Å². The number of nitrogens with zero attached hydrogens (tertiary/aromatic N) is 4. The van der Waals surface area contributed by atoms with Gasteiger partial charge in [0.25, 0.3) is 5.69 Å². The third-order valence-corrected chi connectivity index (χ3v) is 4.92. The zero-order chi connectivity index (χ0) is 22.5. The van der Waals surface area contributed by atoms with Gasteiger partial charge in [-0.2, -0.15) is 5.10 Å². The van der Waals surface area contributed by atoms with Crippen molar-refractivity contribution in [2.24, 2.45) is 0 Å². The normalized spacial score (nSPS) is 10.5. The van der Waals surface area contributed by atoms with Crippen LogP contribution in [0.1, 0.15) is 5.56 Å². The van der Waals surface area contributed by atoms with Gasteiger partial charge in [0.05, 0.1) is 22.8 Å². The molecule has 0 saturated carbocycles. The Morgan fingerprint density at radius 1 is 1.03 bits per heavy atom.